The molecule has 37 heavy (non-hydrogen) atoms. The Balaban J connectivity index is 0. The van der Waals surface area contributed by atoms with E-state index in [4.69, 9.17) is 14.2 Å². The maximum absolute atomic E-state index is 11.4. The highest BCUT2D eigenvalue weighted by Gasteiger charge is 2.07. The molecule has 0 radical (unpaired) electrons. The molecule has 0 saturated carbocycles. The van der Waals surface area contributed by atoms with Crippen LogP contribution in [0.25, 0.3) is 0 Å². The molecule has 0 heterocycles. The molecule has 0 aliphatic heterocycles. The van der Waals surface area contributed by atoms with Crippen molar-refractivity contribution in [3.63, 3.8) is 0 Å². The zero-order chi connectivity index (χ0) is 28.0. The predicted octanol–water partition coefficient (Wildman–Crippen LogP) is 8.28. The summed E-state index contributed by atoms with van der Waals surface area (Å²) in [5.41, 5.74) is 0. The molecule has 1 atom stereocenters. The van der Waals surface area contributed by atoms with E-state index < -0.39 is 11.9 Å². The van der Waals surface area contributed by atoms with Crippen molar-refractivity contribution in [3.05, 3.63) is 24.8 Å². The molecule has 0 aromatic heterocycles. The SMILES string of the molecule is C=CC(=O)OCC(CC)CCCC.CCCCCCCCOC(=O)C=CC(=O)OCCCCCCCC. The molecule has 0 fully saturated rings. The summed E-state index contributed by atoms with van der Waals surface area (Å²) < 4.78 is 15.1. The molecule has 216 valence electrons. The molecular weight excluding hydrogens is 468 g/mol. The fourth-order valence-electron chi connectivity index (χ4n) is 3.50. The molecule has 0 rings (SSSR count). The van der Waals surface area contributed by atoms with Gasteiger partial charge in [-0.1, -0.05) is 118 Å². The van der Waals surface area contributed by atoms with Crippen LogP contribution in [0.2, 0.25) is 0 Å². The van der Waals surface area contributed by atoms with Crippen LogP contribution in [0.4, 0.5) is 0 Å². The van der Waals surface area contributed by atoms with Gasteiger partial charge in [-0.2, -0.15) is 0 Å². The Morgan fingerprint density at radius 2 is 1.03 bits per heavy atom. The van der Waals surface area contributed by atoms with Crippen molar-refractivity contribution in [2.24, 2.45) is 5.92 Å². The van der Waals surface area contributed by atoms with Crippen LogP contribution in [0, 0.1) is 5.92 Å². The Morgan fingerprint density at radius 1 is 0.595 bits per heavy atom. The van der Waals surface area contributed by atoms with Crippen LogP contribution in [-0.2, 0) is 28.6 Å². The Hall–Kier alpha value is -2.11. The summed E-state index contributed by atoms with van der Waals surface area (Å²) in [6.07, 6.45) is 21.9. The lowest BCUT2D eigenvalue weighted by atomic mass is 10.0. The molecule has 0 aliphatic rings. The van der Waals surface area contributed by atoms with Gasteiger partial charge >= 0.3 is 17.9 Å². The average Bonchev–Trinajstić information content (AvgIpc) is 2.91. The molecule has 6 heteroatoms. The third-order valence-corrected chi connectivity index (χ3v) is 6.01. The number of hydrogen-bond acceptors (Lipinski definition) is 6. The Bertz CT molecular complexity index is 552. The quantitative estimate of drug-likeness (QED) is 0.0579. The lowest BCUT2D eigenvalue weighted by Crippen LogP contribution is -2.12. The molecule has 0 aliphatic carbocycles. The van der Waals surface area contributed by atoms with Gasteiger partial charge in [0.1, 0.15) is 0 Å². The first-order chi connectivity index (χ1) is 17.9. The fraction of sp³-hybridized carbons (Fsp3) is 0.774. The highest BCUT2D eigenvalue weighted by molar-refractivity contribution is 5.91. The van der Waals surface area contributed by atoms with E-state index in [0.29, 0.717) is 25.7 Å². The summed E-state index contributed by atoms with van der Waals surface area (Å²) in [4.78, 5) is 33.7. The van der Waals surface area contributed by atoms with Gasteiger partial charge in [0.15, 0.2) is 0 Å². The second-order valence-electron chi connectivity index (χ2n) is 9.45. The van der Waals surface area contributed by atoms with E-state index in [0.717, 1.165) is 50.7 Å². The summed E-state index contributed by atoms with van der Waals surface area (Å²) in [7, 11) is 0. The lowest BCUT2D eigenvalue weighted by Gasteiger charge is -2.13. The molecule has 0 aromatic carbocycles. The second kappa shape index (κ2) is 30.1. The van der Waals surface area contributed by atoms with Gasteiger partial charge in [0.2, 0.25) is 0 Å². The van der Waals surface area contributed by atoms with Crippen molar-refractivity contribution in [3.8, 4) is 0 Å². The summed E-state index contributed by atoms with van der Waals surface area (Å²) in [5.74, 6) is -0.737. The second-order valence-corrected chi connectivity index (χ2v) is 9.45. The van der Waals surface area contributed by atoms with Crippen molar-refractivity contribution >= 4 is 17.9 Å². The van der Waals surface area contributed by atoms with Gasteiger partial charge in [0, 0.05) is 18.2 Å². The largest absolute Gasteiger partial charge is 0.463 e. The Labute approximate surface area is 227 Å². The van der Waals surface area contributed by atoms with Gasteiger partial charge in [-0.25, -0.2) is 14.4 Å². The number of rotatable bonds is 23. The van der Waals surface area contributed by atoms with Crippen LogP contribution >= 0.6 is 0 Å². The van der Waals surface area contributed by atoms with E-state index in [9.17, 15) is 14.4 Å². The molecular formula is C31H56O6. The van der Waals surface area contributed by atoms with Gasteiger partial charge in [0.05, 0.1) is 19.8 Å². The van der Waals surface area contributed by atoms with Crippen molar-refractivity contribution < 1.29 is 28.6 Å². The standard InChI is InChI=1S/C20H36O4.C11H20O2/c1-3-5-7-9-11-13-17-23-19(21)15-16-20(22)24-18-14-12-10-8-6-4-2;1-4-7-8-10(5-2)9-13-11(12)6-3/h15-16H,3-14,17-18H2,1-2H3;6,10H,3-5,7-9H2,1-2H3. The van der Waals surface area contributed by atoms with Gasteiger partial charge in [-0.05, 0) is 25.2 Å². The number of carbonyl (C=O) groups excluding carboxylic acids is 3. The smallest absolute Gasteiger partial charge is 0.331 e. The first-order valence-corrected chi connectivity index (χ1v) is 14.8. The maximum Gasteiger partial charge on any atom is 0.331 e. The first kappa shape index (κ1) is 37.0. The van der Waals surface area contributed by atoms with Crippen molar-refractivity contribution in [1.29, 1.82) is 0 Å². The maximum atomic E-state index is 11.4. The van der Waals surface area contributed by atoms with E-state index >= 15 is 0 Å². The van der Waals surface area contributed by atoms with Crippen LogP contribution in [0.1, 0.15) is 130 Å². The summed E-state index contributed by atoms with van der Waals surface area (Å²) >= 11 is 0. The highest BCUT2D eigenvalue weighted by atomic mass is 16.5. The number of esters is 3. The number of carbonyl (C=O) groups is 3. The first-order valence-electron chi connectivity index (χ1n) is 14.8. The monoisotopic (exact) mass is 524 g/mol. The lowest BCUT2D eigenvalue weighted by molar-refractivity contribution is -0.140. The molecule has 0 bridgehead atoms. The summed E-state index contributed by atoms with van der Waals surface area (Å²) in [6, 6.07) is 0. The van der Waals surface area contributed by atoms with E-state index in [1.54, 1.807) is 0 Å². The predicted molar refractivity (Wildman–Crippen MR) is 152 cm³/mol. The van der Waals surface area contributed by atoms with Gasteiger partial charge in [-0.15, -0.1) is 0 Å². The average molecular weight is 525 g/mol. The van der Waals surface area contributed by atoms with Gasteiger partial charge in [0.25, 0.3) is 0 Å². The molecule has 0 N–H and O–H groups in total. The molecule has 0 saturated heterocycles. The topological polar surface area (TPSA) is 78.9 Å². The van der Waals surface area contributed by atoms with Gasteiger partial charge in [-0.3, -0.25) is 0 Å². The van der Waals surface area contributed by atoms with Crippen molar-refractivity contribution in [2.45, 2.75) is 130 Å². The summed E-state index contributed by atoms with van der Waals surface area (Å²) in [5, 5.41) is 0. The van der Waals surface area contributed by atoms with E-state index in [-0.39, 0.29) is 5.97 Å². The minimum absolute atomic E-state index is 0.310. The third-order valence-electron chi connectivity index (χ3n) is 6.01. The zero-order valence-corrected chi connectivity index (χ0v) is 24.4. The highest BCUT2D eigenvalue weighted by Crippen LogP contribution is 2.12. The number of hydrogen-bond donors (Lipinski definition) is 0. The molecule has 0 amide bonds. The molecule has 0 spiro atoms. The van der Waals surface area contributed by atoms with Crippen LogP contribution in [0.15, 0.2) is 24.8 Å². The normalized spacial score (nSPS) is 11.4. The van der Waals surface area contributed by atoms with Gasteiger partial charge < -0.3 is 14.2 Å². The summed E-state index contributed by atoms with van der Waals surface area (Å²) in [6.45, 7) is 13.4. The van der Waals surface area contributed by atoms with E-state index in [2.05, 4.69) is 34.3 Å². The number of ether oxygens (including phenoxy) is 3. The minimum atomic E-state index is -0.472. The zero-order valence-electron chi connectivity index (χ0n) is 24.4. The van der Waals surface area contributed by atoms with Crippen LogP contribution < -0.4 is 0 Å². The van der Waals surface area contributed by atoms with Crippen molar-refractivity contribution in [2.75, 3.05) is 19.8 Å². The Kier molecular flexibility index (Phi) is 30.2. The Morgan fingerprint density at radius 3 is 1.43 bits per heavy atom. The van der Waals surface area contributed by atoms with Crippen LogP contribution in [-0.4, -0.2) is 37.7 Å². The minimum Gasteiger partial charge on any atom is -0.463 e. The molecule has 1 unspecified atom stereocenters. The van der Waals surface area contributed by atoms with Crippen LogP contribution in [0.5, 0.6) is 0 Å². The molecule has 6 nitrogen and oxygen atoms in total. The fourth-order valence-corrected chi connectivity index (χ4v) is 3.50. The van der Waals surface area contributed by atoms with Crippen LogP contribution in [0.3, 0.4) is 0 Å². The van der Waals surface area contributed by atoms with Crippen molar-refractivity contribution in [1.82, 2.24) is 0 Å². The van der Waals surface area contributed by atoms with E-state index in [1.807, 2.05) is 0 Å². The molecule has 0 aromatic rings. The van der Waals surface area contributed by atoms with E-state index in [1.165, 1.54) is 70.3 Å². The number of unbranched alkanes of at least 4 members (excludes halogenated alkanes) is 11. The third kappa shape index (κ3) is 30.0.